The molecule has 108 valence electrons. The second-order valence-corrected chi connectivity index (χ2v) is 5.09. The van der Waals surface area contributed by atoms with Crippen LogP contribution in [0.3, 0.4) is 0 Å². The van der Waals surface area contributed by atoms with Crippen molar-refractivity contribution in [2.75, 3.05) is 11.9 Å². The quantitative estimate of drug-likeness (QED) is 0.762. The number of rotatable bonds is 2. The van der Waals surface area contributed by atoms with Gasteiger partial charge in [0.05, 0.1) is 6.10 Å². The molecule has 2 amide bonds. The maximum atomic E-state index is 12.2. The van der Waals surface area contributed by atoms with Crippen LogP contribution < -0.4 is 5.32 Å². The first-order valence-electron chi connectivity index (χ1n) is 6.45. The average Bonchev–Trinajstić information content (AvgIpc) is 2.76. The molecule has 1 unspecified atom stereocenters. The van der Waals surface area contributed by atoms with E-state index in [0.717, 1.165) is 11.1 Å². The van der Waals surface area contributed by atoms with E-state index in [0.29, 0.717) is 5.69 Å². The summed E-state index contributed by atoms with van der Waals surface area (Å²) in [5.41, 5.74) is 2.50. The van der Waals surface area contributed by atoms with E-state index in [1.165, 1.54) is 4.90 Å². The highest BCUT2D eigenvalue weighted by atomic mass is 16.4. The molecule has 0 aliphatic carbocycles. The number of carbonyl (C=O) groups is 2. The van der Waals surface area contributed by atoms with E-state index in [2.05, 4.69) is 5.32 Å². The summed E-state index contributed by atoms with van der Waals surface area (Å²) < 4.78 is 0. The van der Waals surface area contributed by atoms with E-state index < -0.39 is 24.1 Å². The van der Waals surface area contributed by atoms with Gasteiger partial charge in [-0.05, 0) is 25.0 Å². The number of carbonyl (C=O) groups excluding carboxylic acids is 1. The highest BCUT2D eigenvalue weighted by Gasteiger charge is 2.39. The third-order valence-corrected chi connectivity index (χ3v) is 3.54. The summed E-state index contributed by atoms with van der Waals surface area (Å²) >= 11 is 0. The maximum Gasteiger partial charge on any atom is 0.326 e. The molecule has 6 nitrogen and oxygen atoms in total. The van der Waals surface area contributed by atoms with Crippen LogP contribution in [0.5, 0.6) is 0 Å². The van der Waals surface area contributed by atoms with E-state index in [4.69, 9.17) is 5.11 Å². The van der Waals surface area contributed by atoms with Crippen LogP contribution in [0.4, 0.5) is 10.5 Å². The molecule has 6 heteroatoms. The van der Waals surface area contributed by atoms with Crippen LogP contribution in [0.15, 0.2) is 18.2 Å². The monoisotopic (exact) mass is 278 g/mol. The summed E-state index contributed by atoms with van der Waals surface area (Å²) in [4.78, 5) is 24.5. The van der Waals surface area contributed by atoms with Crippen LogP contribution in [0.2, 0.25) is 0 Å². The highest BCUT2D eigenvalue weighted by molar-refractivity contribution is 5.94. The molecule has 0 saturated carbocycles. The van der Waals surface area contributed by atoms with Crippen LogP contribution in [-0.4, -0.2) is 45.8 Å². The Bertz CT molecular complexity index is 524. The Hall–Kier alpha value is -2.08. The summed E-state index contributed by atoms with van der Waals surface area (Å²) in [6.45, 7) is 3.78. The van der Waals surface area contributed by atoms with Crippen LogP contribution in [-0.2, 0) is 4.79 Å². The largest absolute Gasteiger partial charge is 0.480 e. The highest BCUT2D eigenvalue weighted by Crippen LogP contribution is 2.23. The Morgan fingerprint density at radius 1 is 1.30 bits per heavy atom. The lowest BCUT2D eigenvalue weighted by Gasteiger charge is -2.22. The number of aliphatic hydroxyl groups is 1. The number of likely N-dealkylation sites (tertiary alicyclic amines) is 1. The van der Waals surface area contributed by atoms with Gasteiger partial charge < -0.3 is 20.4 Å². The van der Waals surface area contributed by atoms with Gasteiger partial charge in [0.15, 0.2) is 0 Å². The number of carboxylic acid groups (broad SMARTS) is 1. The molecule has 2 rings (SSSR count). The molecule has 1 fully saturated rings. The van der Waals surface area contributed by atoms with Crippen LogP contribution >= 0.6 is 0 Å². The first-order chi connectivity index (χ1) is 9.40. The van der Waals surface area contributed by atoms with Crippen molar-refractivity contribution in [2.24, 2.45) is 0 Å². The number of benzene rings is 1. The molecule has 3 N–H and O–H groups in total. The predicted octanol–water partition coefficient (Wildman–Crippen LogP) is 1.36. The van der Waals surface area contributed by atoms with Crippen molar-refractivity contribution in [1.82, 2.24) is 4.90 Å². The number of β-amino-alcohol motifs (C(OH)–C–C–N with tert-alkyl or cyclic N) is 1. The number of anilines is 1. The van der Waals surface area contributed by atoms with E-state index in [1.54, 1.807) is 0 Å². The Labute approximate surface area is 117 Å². The van der Waals surface area contributed by atoms with Crippen molar-refractivity contribution in [3.63, 3.8) is 0 Å². The van der Waals surface area contributed by atoms with Gasteiger partial charge >= 0.3 is 12.0 Å². The number of nitrogens with one attached hydrogen (secondary N) is 1. The third-order valence-electron chi connectivity index (χ3n) is 3.54. The summed E-state index contributed by atoms with van der Waals surface area (Å²) in [5.74, 6) is -1.10. The minimum atomic E-state index is -1.10. The number of para-hydroxylation sites is 1. The van der Waals surface area contributed by atoms with Gasteiger partial charge in [0.2, 0.25) is 0 Å². The van der Waals surface area contributed by atoms with Crippen molar-refractivity contribution >= 4 is 17.7 Å². The number of aryl methyl sites for hydroxylation is 2. The van der Waals surface area contributed by atoms with Gasteiger partial charge in [-0.15, -0.1) is 0 Å². The van der Waals surface area contributed by atoms with Crippen molar-refractivity contribution in [2.45, 2.75) is 32.4 Å². The van der Waals surface area contributed by atoms with E-state index in [-0.39, 0.29) is 13.0 Å². The number of aliphatic hydroxyl groups excluding tert-OH is 1. The van der Waals surface area contributed by atoms with Crippen molar-refractivity contribution < 1.29 is 19.8 Å². The van der Waals surface area contributed by atoms with E-state index >= 15 is 0 Å². The Morgan fingerprint density at radius 2 is 1.90 bits per heavy atom. The number of urea groups is 1. The minimum absolute atomic E-state index is 0.0354. The van der Waals surface area contributed by atoms with Gasteiger partial charge in [-0.25, -0.2) is 9.59 Å². The van der Waals surface area contributed by atoms with E-state index in [9.17, 15) is 14.7 Å². The number of hydrogen-bond donors (Lipinski definition) is 3. The SMILES string of the molecule is Cc1cccc(C)c1NC(=O)N1CC(O)C[C@H]1C(=O)O. The molecular weight excluding hydrogens is 260 g/mol. The molecule has 1 aliphatic rings. The first-order valence-corrected chi connectivity index (χ1v) is 6.45. The zero-order valence-electron chi connectivity index (χ0n) is 11.5. The Kier molecular flexibility index (Phi) is 3.94. The van der Waals surface area contributed by atoms with Gasteiger partial charge in [-0.1, -0.05) is 18.2 Å². The molecule has 0 spiro atoms. The number of hydrogen-bond acceptors (Lipinski definition) is 3. The Morgan fingerprint density at radius 3 is 2.45 bits per heavy atom. The maximum absolute atomic E-state index is 12.2. The summed E-state index contributed by atoms with van der Waals surface area (Å²) in [5, 5.41) is 21.4. The smallest absolute Gasteiger partial charge is 0.326 e. The fourth-order valence-electron chi connectivity index (χ4n) is 2.46. The fourth-order valence-corrected chi connectivity index (χ4v) is 2.46. The zero-order chi connectivity index (χ0) is 14.9. The van der Waals surface area contributed by atoms with Crippen molar-refractivity contribution in [1.29, 1.82) is 0 Å². The molecule has 1 aromatic carbocycles. The standard InChI is InChI=1S/C14H18N2O4/c1-8-4-3-5-9(2)12(8)15-14(20)16-7-10(17)6-11(16)13(18)19/h3-5,10-11,17H,6-7H2,1-2H3,(H,15,20)(H,18,19)/t10?,11-/m0/s1. The molecule has 0 bridgehead atoms. The Balaban J connectivity index is 2.18. The van der Waals surface area contributed by atoms with Crippen LogP contribution in [0.25, 0.3) is 0 Å². The third kappa shape index (κ3) is 2.75. The second-order valence-electron chi connectivity index (χ2n) is 5.09. The summed E-state index contributed by atoms with van der Waals surface area (Å²) in [7, 11) is 0. The average molecular weight is 278 g/mol. The predicted molar refractivity (Wildman–Crippen MR) is 73.7 cm³/mol. The van der Waals surface area contributed by atoms with Crippen molar-refractivity contribution in [3.8, 4) is 0 Å². The van der Waals surface area contributed by atoms with Crippen LogP contribution in [0.1, 0.15) is 17.5 Å². The topological polar surface area (TPSA) is 89.9 Å². The second kappa shape index (κ2) is 5.50. The zero-order valence-corrected chi connectivity index (χ0v) is 11.5. The van der Waals surface area contributed by atoms with Gasteiger partial charge in [0.25, 0.3) is 0 Å². The van der Waals surface area contributed by atoms with Gasteiger partial charge in [-0.2, -0.15) is 0 Å². The van der Waals surface area contributed by atoms with Gasteiger partial charge in [0.1, 0.15) is 6.04 Å². The molecule has 20 heavy (non-hydrogen) atoms. The minimum Gasteiger partial charge on any atom is -0.480 e. The van der Waals surface area contributed by atoms with Crippen LogP contribution in [0, 0.1) is 13.8 Å². The van der Waals surface area contributed by atoms with E-state index in [1.807, 2.05) is 32.0 Å². The molecule has 1 aromatic rings. The molecule has 1 aliphatic heterocycles. The molecule has 0 aromatic heterocycles. The lowest BCUT2D eigenvalue weighted by atomic mass is 10.1. The molecular formula is C14H18N2O4. The first kappa shape index (κ1) is 14.3. The molecule has 1 heterocycles. The lowest BCUT2D eigenvalue weighted by molar-refractivity contribution is -0.141. The summed E-state index contributed by atoms with van der Waals surface area (Å²) in [6, 6.07) is 4.16. The number of nitrogens with zero attached hydrogens (tertiary/aromatic N) is 1. The number of amides is 2. The van der Waals surface area contributed by atoms with Gasteiger partial charge in [-0.3, -0.25) is 0 Å². The molecule has 0 radical (unpaired) electrons. The lowest BCUT2D eigenvalue weighted by Crippen LogP contribution is -2.43. The van der Waals surface area contributed by atoms with Gasteiger partial charge in [0, 0.05) is 18.7 Å². The molecule has 2 atom stereocenters. The normalized spacial score (nSPS) is 21.9. The fraction of sp³-hybridized carbons (Fsp3) is 0.429. The number of carboxylic acids is 1. The summed E-state index contributed by atoms with van der Waals surface area (Å²) in [6.07, 6.45) is -0.727. The molecule has 1 saturated heterocycles. The number of aliphatic carboxylic acids is 1. The van der Waals surface area contributed by atoms with Crippen molar-refractivity contribution in [3.05, 3.63) is 29.3 Å².